The molecular weight excluding hydrogens is 250 g/mol. The average Bonchev–Trinajstić information content (AvgIpc) is 2.77. The lowest BCUT2D eigenvalue weighted by Crippen LogP contribution is -1.92. The summed E-state index contributed by atoms with van der Waals surface area (Å²) in [6.07, 6.45) is 3.56. The molecule has 0 atom stereocenters. The maximum Gasteiger partial charge on any atom is 0.222 e. The first-order valence-corrected chi connectivity index (χ1v) is 5.81. The van der Waals surface area contributed by atoms with Crippen molar-refractivity contribution in [2.75, 3.05) is 12.4 Å². The molecule has 3 aromatic heterocycles. The van der Waals surface area contributed by atoms with Crippen LogP contribution < -0.4 is 5.32 Å². The van der Waals surface area contributed by atoms with Gasteiger partial charge in [-0.05, 0) is 29.8 Å². The number of halogens is 1. The van der Waals surface area contributed by atoms with Crippen LogP contribution >= 0.6 is 11.6 Å². The number of nitrogens with zero attached hydrogens (tertiary/aromatic N) is 4. The molecule has 0 saturated carbocycles. The molecule has 18 heavy (non-hydrogen) atoms. The maximum atomic E-state index is 5.81. The Morgan fingerprint density at radius 1 is 1.22 bits per heavy atom. The van der Waals surface area contributed by atoms with Crippen molar-refractivity contribution in [3.05, 3.63) is 41.9 Å². The Morgan fingerprint density at radius 2 is 2.11 bits per heavy atom. The quantitative estimate of drug-likeness (QED) is 0.719. The Morgan fingerprint density at radius 3 is 2.89 bits per heavy atom. The lowest BCUT2D eigenvalue weighted by atomic mass is 10.3. The molecule has 1 N–H and O–H groups in total. The number of fused-ring (bicyclic) bond motifs is 1. The van der Waals surface area contributed by atoms with Crippen LogP contribution in [0, 0.1) is 0 Å². The largest absolute Gasteiger partial charge is 0.371 e. The van der Waals surface area contributed by atoms with Crippen molar-refractivity contribution in [1.29, 1.82) is 0 Å². The van der Waals surface area contributed by atoms with Crippen molar-refractivity contribution in [2.24, 2.45) is 0 Å². The summed E-state index contributed by atoms with van der Waals surface area (Å²) < 4.78 is 1.96. The van der Waals surface area contributed by atoms with E-state index in [0.29, 0.717) is 5.69 Å². The van der Waals surface area contributed by atoms with Gasteiger partial charge in [0.2, 0.25) is 5.28 Å². The number of rotatable bonds is 2. The van der Waals surface area contributed by atoms with Gasteiger partial charge >= 0.3 is 0 Å². The fourth-order valence-corrected chi connectivity index (χ4v) is 2.01. The number of nitrogens with one attached hydrogen (secondary N) is 1. The zero-order valence-corrected chi connectivity index (χ0v) is 10.4. The minimum Gasteiger partial charge on any atom is -0.371 e. The topological polar surface area (TPSA) is 55.1 Å². The fraction of sp³-hybridized carbons (Fsp3) is 0.0833. The molecule has 0 aliphatic carbocycles. The van der Waals surface area contributed by atoms with Gasteiger partial charge in [-0.2, -0.15) is 0 Å². The molecule has 0 aliphatic heterocycles. The Kier molecular flexibility index (Phi) is 2.60. The van der Waals surface area contributed by atoms with Gasteiger partial charge in [-0.1, -0.05) is 6.07 Å². The van der Waals surface area contributed by atoms with Gasteiger partial charge in [-0.25, -0.2) is 15.0 Å². The fourth-order valence-electron chi connectivity index (χ4n) is 1.86. The summed E-state index contributed by atoms with van der Waals surface area (Å²) in [7, 11) is 1.84. The predicted octanol–water partition coefficient (Wildman–Crippen LogP) is 2.49. The van der Waals surface area contributed by atoms with E-state index in [1.807, 2.05) is 35.8 Å². The summed E-state index contributed by atoms with van der Waals surface area (Å²) in [6, 6.07) is 7.69. The molecule has 0 fully saturated rings. The molecule has 0 aromatic carbocycles. The molecule has 0 radical (unpaired) electrons. The second kappa shape index (κ2) is 4.27. The summed E-state index contributed by atoms with van der Waals surface area (Å²) in [5, 5.41) is 3.28. The second-order valence-electron chi connectivity index (χ2n) is 3.70. The van der Waals surface area contributed by atoms with Gasteiger partial charge in [0, 0.05) is 19.4 Å². The van der Waals surface area contributed by atoms with E-state index < -0.39 is 0 Å². The third-order valence-corrected chi connectivity index (χ3v) is 2.82. The number of pyridine rings is 1. The van der Waals surface area contributed by atoms with Crippen molar-refractivity contribution in [3.63, 3.8) is 0 Å². The van der Waals surface area contributed by atoms with Crippen molar-refractivity contribution in [3.8, 4) is 11.5 Å². The van der Waals surface area contributed by atoms with Gasteiger partial charge in [0.25, 0.3) is 0 Å². The smallest absolute Gasteiger partial charge is 0.222 e. The average molecular weight is 260 g/mol. The van der Waals surface area contributed by atoms with Gasteiger partial charge in [-0.3, -0.25) is 4.40 Å². The first kappa shape index (κ1) is 11.0. The van der Waals surface area contributed by atoms with Crippen LogP contribution in [0.15, 0.2) is 36.7 Å². The van der Waals surface area contributed by atoms with Gasteiger partial charge < -0.3 is 5.32 Å². The van der Waals surface area contributed by atoms with E-state index in [1.165, 1.54) is 0 Å². The lowest BCUT2D eigenvalue weighted by Gasteiger charge is -1.99. The Labute approximate surface area is 108 Å². The van der Waals surface area contributed by atoms with Crippen molar-refractivity contribution in [2.45, 2.75) is 0 Å². The van der Waals surface area contributed by atoms with Gasteiger partial charge in [-0.15, -0.1) is 0 Å². The number of imidazole rings is 1. The summed E-state index contributed by atoms with van der Waals surface area (Å²) >= 11 is 5.81. The van der Waals surface area contributed by atoms with E-state index in [9.17, 15) is 0 Å². The van der Waals surface area contributed by atoms with Crippen LogP contribution in [0.2, 0.25) is 5.28 Å². The van der Waals surface area contributed by atoms with Crippen LogP contribution in [0.25, 0.3) is 17.0 Å². The number of anilines is 1. The third kappa shape index (κ3) is 1.69. The Bertz CT molecular complexity index is 707. The normalized spacial score (nSPS) is 10.8. The van der Waals surface area contributed by atoms with E-state index in [2.05, 4.69) is 20.3 Å². The minimum atomic E-state index is 0.214. The maximum absolute atomic E-state index is 5.81. The Hall–Kier alpha value is -2.14. The van der Waals surface area contributed by atoms with E-state index in [0.717, 1.165) is 17.2 Å². The second-order valence-corrected chi connectivity index (χ2v) is 4.04. The molecule has 0 bridgehead atoms. The molecular formula is C12H10ClN5. The van der Waals surface area contributed by atoms with E-state index in [1.54, 1.807) is 12.3 Å². The first-order valence-electron chi connectivity index (χ1n) is 5.43. The van der Waals surface area contributed by atoms with E-state index in [-0.39, 0.29) is 5.28 Å². The summed E-state index contributed by atoms with van der Waals surface area (Å²) in [5.74, 6) is 1.54. The predicted molar refractivity (Wildman–Crippen MR) is 70.8 cm³/mol. The summed E-state index contributed by atoms with van der Waals surface area (Å²) in [5.41, 5.74) is 1.68. The molecule has 3 aromatic rings. The molecule has 6 heteroatoms. The SMILES string of the molecule is CNc1nc(-c2ccnc(Cl)n2)n2ccccc12. The zero-order valence-electron chi connectivity index (χ0n) is 9.63. The summed E-state index contributed by atoms with van der Waals surface area (Å²) in [4.78, 5) is 12.6. The molecule has 90 valence electrons. The highest BCUT2D eigenvalue weighted by atomic mass is 35.5. The van der Waals surface area contributed by atoms with Crippen molar-refractivity contribution < 1.29 is 0 Å². The van der Waals surface area contributed by atoms with Crippen molar-refractivity contribution >= 4 is 22.9 Å². The zero-order chi connectivity index (χ0) is 12.5. The van der Waals surface area contributed by atoms with Gasteiger partial charge in [0.1, 0.15) is 5.69 Å². The van der Waals surface area contributed by atoms with Gasteiger partial charge in [0.15, 0.2) is 11.6 Å². The van der Waals surface area contributed by atoms with Crippen molar-refractivity contribution in [1.82, 2.24) is 19.4 Å². The van der Waals surface area contributed by atoms with Crippen LogP contribution in [0.5, 0.6) is 0 Å². The van der Waals surface area contributed by atoms with E-state index in [4.69, 9.17) is 11.6 Å². The van der Waals surface area contributed by atoms with Crippen LogP contribution in [-0.4, -0.2) is 26.4 Å². The molecule has 0 spiro atoms. The molecule has 0 saturated heterocycles. The Balaban J connectivity index is 2.29. The first-order chi connectivity index (χ1) is 8.79. The molecule has 3 rings (SSSR count). The highest BCUT2D eigenvalue weighted by molar-refractivity contribution is 6.28. The summed E-state index contributed by atoms with van der Waals surface area (Å²) in [6.45, 7) is 0. The van der Waals surface area contributed by atoms with Gasteiger partial charge in [0.05, 0.1) is 5.52 Å². The highest BCUT2D eigenvalue weighted by Gasteiger charge is 2.12. The number of hydrogen-bond donors (Lipinski definition) is 1. The highest BCUT2D eigenvalue weighted by Crippen LogP contribution is 2.24. The molecule has 3 heterocycles. The van der Waals surface area contributed by atoms with Crippen LogP contribution in [0.1, 0.15) is 0 Å². The van der Waals surface area contributed by atoms with Crippen LogP contribution in [0.3, 0.4) is 0 Å². The minimum absolute atomic E-state index is 0.214. The molecule has 0 unspecified atom stereocenters. The van der Waals surface area contributed by atoms with Crippen LogP contribution in [-0.2, 0) is 0 Å². The monoisotopic (exact) mass is 259 g/mol. The molecule has 5 nitrogen and oxygen atoms in total. The third-order valence-electron chi connectivity index (χ3n) is 2.64. The standard InChI is InChI=1S/C12H10ClN5/c1-14-10-9-4-2-3-7-18(9)11(17-10)8-5-6-15-12(13)16-8/h2-7,14H,1H3. The van der Waals surface area contributed by atoms with E-state index >= 15 is 0 Å². The lowest BCUT2D eigenvalue weighted by molar-refractivity contribution is 1.10. The number of aromatic nitrogens is 4. The number of hydrogen-bond acceptors (Lipinski definition) is 4. The molecule has 0 aliphatic rings. The molecule has 0 amide bonds. The van der Waals surface area contributed by atoms with Crippen LogP contribution in [0.4, 0.5) is 5.82 Å².